The Morgan fingerprint density at radius 2 is 1.75 bits per heavy atom. The molecule has 0 aliphatic rings. The smallest absolute Gasteiger partial charge is 0.123 e. The Balaban J connectivity index is 2.60. The van der Waals surface area contributed by atoms with Crippen LogP contribution in [-0.4, -0.2) is 13.2 Å². The molecule has 0 unspecified atom stereocenters. The van der Waals surface area contributed by atoms with Crippen molar-refractivity contribution in [3.05, 3.63) is 29.3 Å². The van der Waals surface area contributed by atoms with Crippen LogP contribution >= 0.6 is 0 Å². The summed E-state index contributed by atoms with van der Waals surface area (Å²) in [5.41, 5.74) is 8.32. The van der Waals surface area contributed by atoms with Crippen LogP contribution in [0.3, 0.4) is 0 Å². The molecule has 20 heavy (non-hydrogen) atoms. The molecular weight excluding hydrogens is 246 g/mol. The highest BCUT2D eigenvalue weighted by Crippen LogP contribution is 2.32. The maximum atomic E-state index is 6.01. The molecule has 2 heteroatoms. The molecule has 0 bridgehead atoms. The lowest BCUT2D eigenvalue weighted by atomic mass is 9.85. The Bertz CT molecular complexity index is 393. The molecule has 0 aliphatic carbocycles. The van der Waals surface area contributed by atoms with Crippen LogP contribution in [0.2, 0.25) is 0 Å². The fraction of sp³-hybridized carbons (Fsp3) is 0.667. The van der Waals surface area contributed by atoms with Gasteiger partial charge in [0.1, 0.15) is 5.75 Å². The summed E-state index contributed by atoms with van der Waals surface area (Å²) in [6.07, 6.45) is 5.72. The van der Waals surface area contributed by atoms with E-state index in [-0.39, 0.29) is 5.41 Å². The highest BCUT2D eigenvalue weighted by molar-refractivity contribution is 5.41. The van der Waals surface area contributed by atoms with E-state index in [4.69, 9.17) is 10.5 Å². The van der Waals surface area contributed by atoms with E-state index in [9.17, 15) is 0 Å². The zero-order chi connectivity index (χ0) is 15.0. The third-order valence-electron chi connectivity index (χ3n) is 3.62. The highest BCUT2D eigenvalue weighted by atomic mass is 16.5. The maximum absolute atomic E-state index is 6.01. The topological polar surface area (TPSA) is 35.2 Å². The molecule has 0 atom stereocenters. The van der Waals surface area contributed by atoms with Gasteiger partial charge in [-0.25, -0.2) is 0 Å². The summed E-state index contributed by atoms with van der Waals surface area (Å²) < 4.78 is 6.01. The summed E-state index contributed by atoms with van der Waals surface area (Å²) in [5, 5.41) is 0. The van der Waals surface area contributed by atoms with Gasteiger partial charge >= 0.3 is 0 Å². The fourth-order valence-corrected chi connectivity index (χ4v) is 2.29. The van der Waals surface area contributed by atoms with Gasteiger partial charge in [0, 0.05) is 0 Å². The van der Waals surface area contributed by atoms with Gasteiger partial charge in [-0.2, -0.15) is 0 Å². The van der Waals surface area contributed by atoms with Gasteiger partial charge in [-0.3, -0.25) is 0 Å². The lowest BCUT2D eigenvalue weighted by Gasteiger charge is -2.23. The molecule has 0 aromatic heterocycles. The molecule has 1 aromatic rings. The molecular formula is C18H31NO. The summed E-state index contributed by atoms with van der Waals surface area (Å²) in [7, 11) is 0. The van der Waals surface area contributed by atoms with E-state index in [0.29, 0.717) is 0 Å². The largest absolute Gasteiger partial charge is 0.493 e. The van der Waals surface area contributed by atoms with Crippen LogP contribution in [0.1, 0.15) is 64.5 Å². The molecule has 2 nitrogen and oxygen atoms in total. The predicted molar refractivity (Wildman–Crippen MR) is 87.5 cm³/mol. The van der Waals surface area contributed by atoms with Crippen molar-refractivity contribution in [3.63, 3.8) is 0 Å². The van der Waals surface area contributed by atoms with Crippen molar-refractivity contribution in [2.45, 2.75) is 65.2 Å². The number of benzene rings is 1. The van der Waals surface area contributed by atoms with Gasteiger partial charge in [-0.15, -0.1) is 0 Å². The molecule has 1 rings (SSSR count). The second-order valence-electron chi connectivity index (χ2n) is 6.49. The molecule has 0 aliphatic heterocycles. The molecule has 0 fully saturated rings. The quantitative estimate of drug-likeness (QED) is 0.713. The molecule has 0 spiro atoms. The second kappa shape index (κ2) is 8.31. The van der Waals surface area contributed by atoms with E-state index in [1.54, 1.807) is 0 Å². The SMILES string of the molecule is CCc1ccc(OCCCCCCN)c(C(C)(C)C)c1. The average molecular weight is 277 g/mol. The lowest BCUT2D eigenvalue weighted by molar-refractivity contribution is 0.297. The Labute approximate surface area is 124 Å². The van der Waals surface area contributed by atoms with Crippen molar-refractivity contribution < 1.29 is 4.74 Å². The molecule has 114 valence electrons. The number of hydrogen-bond donors (Lipinski definition) is 1. The van der Waals surface area contributed by atoms with Crippen molar-refractivity contribution in [2.75, 3.05) is 13.2 Å². The minimum Gasteiger partial charge on any atom is -0.493 e. The van der Waals surface area contributed by atoms with Crippen LogP contribution < -0.4 is 10.5 Å². The fourth-order valence-electron chi connectivity index (χ4n) is 2.29. The first-order valence-corrected chi connectivity index (χ1v) is 7.95. The molecule has 0 radical (unpaired) electrons. The average Bonchev–Trinajstić information content (AvgIpc) is 2.41. The Kier molecular flexibility index (Phi) is 7.08. The van der Waals surface area contributed by atoms with Crippen molar-refractivity contribution in [3.8, 4) is 5.75 Å². The van der Waals surface area contributed by atoms with Crippen molar-refractivity contribution in [1.82, 2.24) is 0 Å². The molecule has 0 saturated heterocycles. The van der Waals surface area contributed by atoms with Gasteiger partial charge in [0.25, 0.3) is 0 Å². The van der Waals surface area contributed by atoms with Gasteiger partial charge in [0.05, 0.1) is 6.61 Å². The monoisotopic (exact) mass is 277 g/mol. The summed E-state index contributed by atoms with van der Waals surface area (Å²) in [4.78, 5) is 0. The summed E-state index contributed by atoms with van der Waals surface area (Å²) in [6.45, 7) is 10.5. The Morgan fingerprint density at radius 3 is 2.35 bits per heavy atom. The molecule has 1 aromatic carbocycles. The zero-order valence-corrected chi connectivity index (χ0v) is 13.7. The highest BCUT2D eigenvalue weighted by Gasteiger charge is 2.19. The number of nitrogens with two attached hydrogens (primary N) is 1. The van der Waals surface area contributed by atoms with E-state index in [0.717, 1.165) is 38.2 Å². The standard InChI is InChI=1S/C18H31NO/c1-5-15-10-11-17(16(14-15)18(2,3)4)20-13-9-7-6-8-12-19/h10-11,14H,5-9,12-13,19H2,1-4H3. The first-order valence-electron chi connectivity index (χ1n) is 7.95. The first-order chi connectivity index (χ1) is 9.49. The van der Waals surface area contributed by atoms with Crippen LogP contribution in [0, 0.1) is 0 Å². The number of rotatable bonds is 8. The number of aryl methyl sites for hydroxylation is 1. The predicted octanol–water partition coefficient (Wildman–Crippen LogP) is 4.44. The first kappa shape index (κ1) is 17.0. The molecule has 0 saturated carbocycles. The van der Waals surface area contributed by atoms with Crippen LogP contribution in [0.5, 0.6) is 5.75 Å². The van der Waals surface area contributed by atoms with Gasteiger partial charge in [0.2, 0.25) is 0 Å². The number of hydrogen-bond acceptors (Lipinski definition) is 2. The minimum absolute atomic E-state index is 0.125. The van der Waals surface area contributed by atoms with Crippen LogP contribution in [0.25, 0.3) is 0 Å². The van der Waals surface area contributed by atoms with Crippen molar-refractivity contribution >= 4 is 0 Å². The van der Waals surface area contributed by atoms with Crippen LogP contribution in [0.15, 0.2) is 18.2 Å². The van der Waals surface area contributed by atoms with Gasteiger partial charge in [-0.05, 0) is 48.4 Å². The third-order valence-corrected chi connectivity index (χ3v) is 3.62. The normalized spacial score (nSPS) is 11.7. The van der Waals surface area contributed by atoms with Crippen molar-refractivity contribution in [1.29, 1.82) is 0 Å². The van der Waals surface area contributed by atoms with Gasteiger partial charge in [0.15, 0.2) is 0 Å². The lowest BCUT2D eigenvalue weighted by Crippen LogP contribution is -2.14. The summed E-state index contributed by atoms with van der Waals surface area (Å²) in [5.74, 6) is 1.05. The Hall–Kier alpha value is -1.02. The van der Waals surface area contributed by atoms with E-state index in [1.807, 2.05) is 0 Å². The Morgan fingerprint density at radius 1 is 1.05 bits per heavy atom. The van der Waals surface area contributed by atoms with Crippen LogP contribution in [0.4, 0.5) is 0 Å². The zero-order valence-electron chi connectivity index (χ0n) is 13.7. The molecule has 2 N–H and O–H groups in total. The minimum atomic E-state index is 0.125. The van der Waals surface area contributed by atoms with E-state index < -0.39 is 0 Å². The summed E-state index contributed by atoms with van der Waals surface area (Å²) in [6, 6.07) is 6.61. The molecule has 0 amide bonds. The number of ether oxygens (including phenoxy) is 1. The third kappa shape index (κ3) is 5.54. The summed E-state index contributed by atoms with van der Waals surface area (Å²) >= 11 is 0. The second-order valence-corrected chi connectivity index (χ2v) is 6.49. The maximum Gasteiger partial charge on any atom is 0.123 e. The van der Waals surface area contributed by atoms with E-state index >= 15 is 0 Å². The van der Waals surface area contributed by atoms with Crippen LogP contribution in [-0.2, 0) is 11.8 Å². The number of unbranched alkanes of at least 4 members (excludes halogenated alkanes) is 3. The van der Waals surface area contributed by atoms with Gasteiger partial charge < -0.3 is 10.5 Å². The molecule has 0 heterocycles. The van der Waals surface area contributed by atoms with E-state index in [2.05, 4.69) is 45.9 Å². The van der Waals surface area contributed by atoms with E-state index in [1.165, 1.54) is 24.0 Å². The van der Waals surface area contributed by atoms with Gasteiger partial charge in [-0.1, -0.05) is 52.7 Å². The van der Waals surface area contributed by atoms with Crippen molar-refractivity contribution in [2.24, 2.45) is 5.73 Å².